The molecule has 4 nitrogen and oxygen atoms in total. The van der Waals surface area contributed by atoms with E-state index in [4.69, 9.17) is 4.42 Å². The van der Waals surface area contributed by atoms with Gasteiger partial charge in [0.05, 0.1) is 18.1 Å². The van der Waals surface area contributed by atoms with Crippen molar-refractivity contribution in [2.45, 2.75) is 37.6 Å². The average Bonchev–Trinajstić information content (AvgIpc) is 3.13. The molecule has 1 aromatic heterocycles. The first-order valence-electron chi connectivity index (χ1n) is 8.76. The molecule has 4 heteroatoms. The third kappa shape index (κ3) is 2.10. The van der Waals surface area contributed by atoms with Gasteiger partial charge in [-0.2, -0.15) is 0 Å². The van der Waals surface area contributed by atoms with Gasteiger partial charge in [0.2, 0.25) is 0 Å². The van der Waals surface area contributed by atoms with E-state index in [1.54, 1.807) is 12.5 Å². The zero-order valence-electron chi connectivity index (χ0n) is 13.9. The summed E-state index contributed by atoms with van der Waals surface area (Å²) in [6.45, 7) is 0. The standard InChI is InChI=1S/C21H19NO3/c23-20(24)15-3-5-19-18-4-2-14(16-6-9-25-13-16)10-17(18)11-21(7-1-8-21)22(19)12-15/h2,4-6,9-10,12-13H,1,3,7-8,11H2,(H,23,24). The molecule has 0 radical (unpaired) electrons. The van der Waals surface area contributed by atoms with Gasteiger partial charge in [0.15, 0.2) is 0 Å². The topological polar surface area (TPSA) is 53.7 Å². The maximum Gasteiger partial charge on any atom is 0.333 e. The molecule has 1 aromatic carbocycles. The molecule has 25 heavy (non-hydrogen) atoms. The number of carbonyl (C=O) groups is 1. The van der Waals surface area contributed by atoms with E-state index >= 15 is 0 Å². The Morgan fingerprint density at radius 2 is 2.08 bits per heavy atom. The highest BCUT2D eigenvalue weighted by Gasteiger charge is 2.47. The molecule has 1 aliphatic carbocycles. The van der Waals surface area contributed by atoms with Gasteiger partial charge < -0.3 is 14.4 Å². The summed E-state index contributed by atoms with van der Waals surface area (Å²) in [5, 5.41) is 9.39. The second-order valence-corrected chi connectivity index (χ2v) is 7.26. The number of benzene rings is 1. The fourth-order valence-corrected chi connectivity index (χ4v) is 4.40. The number of fused-ring (bicyclic) bond motifs is 4. The normalized spacial score (nSPS) is 20.2. The summed E-state index contributed by atoms with van der Waals surface area (Å²) in [5.74, 6) is -0.814. The summed E-state index contributed by atoms with van der Waals surface area (Å²) >= 11 is 0. The Hall–Kier alpha value is -2.75. The zero-order valence-corrected chi connectivity index (χ0v) is 13.9. The number of nitrogens with zero attached hydrogens (tertiary/aromatic N) is 1. The van der Waals surface area contributed by atoms with Crippen LogP contribution >= 0.6 is 0 Å². The van der Waals surface area contributed by atoms with Gasteiger partial charge in [-0.1, -0.05) is 24.3 Å². The van der Waals surface area contributed by atoms with Crippen LogP contribution in [-0.2, 0) is 11.2 Å². The highest BCUT2D eigenvalue weighted by molar-refractivity contribution is 5.89. The number of hydrogen-bond donors (Lipinski definition) is 1. The largest absolute Gasteiger partial charge is 0.478 e. The number of furan rings is 1. The summed E-state index contributed by atoms with van der Waals surface area (Å²) in [6.07, 6.45) is 12.3. The number of carboxylic acids is 1. The van der Waals surface area contributed by atoms with Crippen molar-refractivity contribution in [2.24, 2.45) is 0 Å². The van der Waals surface area contributed by atoms with Crippen molar-refractivity contribution in [3.63, 3.8) is 0 Å². The zero-order chi connectivity index (χ0) is 17.0. The van der Waals surface area contributed by atoms with Crippen molar-refractivity contribution in [3.05, 3.63) is 65.8 Å². The van der Waals surface area contributed by atoms with Crippen LogP contribution in [0.3, 0.4) is 0 Å². The SMILES string of the molecule is O=C(O)C1=CN2C(=CC1)c1ccc(-c3ccoc3)cc1CC21CCC1. The lowest BCUT2D eigenvalue weighted by Crippen LogP contribution is -2.55. The fraction of sp³-hybridized carbons (Fsp3) is 0.286. The Kier molecular flexibility index (Phi) is 2.99. The lowest BCUT2D eigenvalue weighted by molar-refractivity contribution is -0.132. The van der Waals surface area contributed by atoms with E-state index in [0.29, 0.717) is 12.0 Å². The van der Waals surface area contributed by atoms with E-state index in [1.165, 1.54) is 28.8 Å². The Labute approximate surface area is 146 Å². The molecule has 3 aliphatic rings. The minimum Gasteiger partial charge on any atom is -0.478 e. The van der Waals surface area contributed by atoms with E-state index in [0.717, 1.165) is 24.8 Å². The maximum atomic E-state index is 11.4. The lowest BCUT2D eigenvalue weighted by Gasteiger charge is -2.55. The maximum absolute atomic E-state index is 11.4. The van der Waals surface area contributed by atoms with Crippen LogP contribution in [0.25, 0.3) is 16.8 Å². The fourth-order valence-electron chi connectivity index (χ4n) is 4.40. The van der Waals surface area contributed by atoms with E-state index in [9.17, 15) is 9.90 Å². The van der Waals surface area contributed by atoms with E-state index < -0.39 is 5.97 Å². The van der Waals surface area contributed by atoms with E-state index in [1.807, 2.05) is 12.3 Å². The average molecular weight is 333 g/mol. The van der Waals surface area contributed by atoms with Gasteiger partial charge in [-0.15, -0.1) is 0 Å². The minimum absolute atomic E-state index is 0.0506. The van der Waals surface area contributed by atoms with Crippen molar-refractivity contribution in [1.82, 2.24) is 4.90 Å². The van der Waals surface area contributed by atoms with Crippen LogP contribution in [-0.4, -0.2) is 21.5 Å². The van der Waals surface area contributed by atoms with Gasteiger partial charge in [-0.3, -0.25) is 0 Å². The van der Waals surface area contributed by atoms with Gasteiger partial charge >= 0.3 is 5.97 Å². The molecule has 1 saturated carbocycles. The van der Waals surface area contributed by atoms with Crippen molar-refractivity contribution < 1.29 is 14.3 Å². The van der Waals surface area contributed by atoms with Crippen molar-refractivity contribution in [1.29, 1.82) is 0 Å². The second-order valence-electron chi connectivity index (χ2n) is 7.26. The molecule has 0 bridgehead atoms. The molecule has 0 unspecified atom stereocenters. The predicted octanol–water partition coefficient (Wildman–Crippen LogP) is 4.44. The Bertz CT molecular complexity index is 917. The minimum atomic E-state index is -0.814. The van der Waals surface area contributed by atoms with E-state index in [-0.39, 0.29) is 5.54 Å². The van der Waals surface area contributed by atoms with Crippen LogP contribution in [0.1, 0.15) is 36.8 Å². The van der Waals surface area contributed by atoms with Crippen LogP contribution in [0.5, 0.6) is 0 Å². The first-order chi connectivity index (χ1) is 12.2. The molecular formula is C21H19NO3. The van der Waals surface area contributed by atoms with Crippen molar-refractivity contribution >= 4 is 11.7 Å². The monoisotopic (exact) mass is 333 g/mol. The Morgan fingerprint density at radius 3 is 2.76 bits per heavy atom. The van der Waals surface area contributed by atoms with Crippen LogP contribution < -0.4 is 0 Å². The molecular weight excluding hydrogens is 314 g/mol. The van der Waals surface area contributed by atoms with Crippen LogP contribution in [0.2, 0.25) is 0 Å². The van der Waals surface area contributed by atoms with Gasteiger partial charge in [-0.25, -0.2) is 4.79 Å². The highest BCUT2D eigenvalue weighted by Crippen LogP contribution is 2.51. The molecule has 1 N–H and O–H groups in total. The molecule has 2 aliphatic heterocycles. The molecule has 1 fully saturated rings. The van der Waals surface area contributed by atoms with Crippen molar-refractivity contribution in [2.75, 3.05) is 0 Å². The molecule has 0 saturated heterocycles. The second kappa shape index (κ2) is 5.12. The quantitative estimate of drug-likeness (QED) is 0.883. The number of aliphatic carboxylic acids is 1. The molecule has 3 heterocycles. The molecule has 2 aromatic rings. The molecule has 126 valence electrons. The molecule has 1 spiro atoms. The smallest absolute Gasteiger partial charge is 0.333 e. The highest BCUT2D eigenvalue weighted by atomic mass is 16.4. The summed E-state index contributed by atoms with van der Waals surface area (Å²) < 4.78 is 5.22. The first-order valence-corrected chi connectivity index (χ1v) is 8.76. The molecule has 5 rings (SSSR count). The first kappa shape index (κ1) is 14.6. The van der Waals surface area contributed by atoms with Gasteiger partial charge in [0.25, 0.3) is 0 Å². The van der Waals surface area contributed by atoms with Crippen LogP contribution in [0.15, 0.2) is 59.1 Å². The summed E-state index contributed by atoms with van der Waals surface area (Å²) in [5.41, 5.74) is 6.55. The number of allylic oxidation sites excluding steroid dienone is 1. The number of carboxylic acid groups (broad SMARTS) is 1. The number of hydrogen-bond acceptors (Lipinski definition) is 3. The summed E-state index contributed by atoms with van der Waals surface area (Å²) in [4.78, 5) is 13.7. The van der Waals surface area contributed by atoms with Gasteiger partial charge in [0.1, 0.15) is 0 Å². The third-order valence-corrected chi connectivity index (χ3v) is 5.89. The van der Waals surface area contributed by atoms with E-state index in [2.05, 4.69) is 29.2 Å². The Balaban J connectivity index is 1.62. The van der Waals surface area contributed by atoms with Crippen molar-refractivity contribution in [3.8, 4) is 11.1 Å². The van der Waals surface area contributed by atoms with Gasteiger partial charge in [-0.05, 0) is 42.9 Å². The molecule has 0 atom stereocenters. The summed E-state index contributed by atoms with van der Waals surface area (Å²) in [6, 6.07) is 8.55. The van der Waals surface area contributed by atoms with Crippen LogP contribution in [0.4, 0.5) is 0 Å². The molecule has 0 amide bonds. The van der Waals surface area contributed by atoms with Crippen LogP contribution in [0, 0.1) is 0 Å². The number of rotatable bonds is 2. The third-order valence-electron chi connectivity index (χ3n) is 5.89. The van der Waals surface area contributed by atoms with Gasteiger partial charge in [0, 0.05) is 35.0 Å². The summed E-state index contributed by atoms with van der Waals surface area (Å²) in [7, 11) is 0. The Morgan fingerprint density at radius 1 is 1.20 bits per heavy atom. The lowest BCUT2D eigenvalue weighted by atomic mass is 9.67. The predicted molar refractivity (Wildman–Crippen MR) is 94.6 cm³/mol.